The number of amides is 1. The number of carbonyl (C=O) groups excluding carboxylic acids is 1. The van der Waals surface area contributed by atoms with E-state index in [1.54, 1.807) is 6.20 Å². The van der Waals surface area contributed by atoms with Crippen LogP contribution in [0, 0.1) is 10.1 Å². The molecule has 1 aromatic carbocycles. The standard InChI is InChI=1S/C20H24N4O4.ClH/c1-28-19-13-15(7-8-18(19)24(26)27)20(25)23(14-16-5-2-3-11-22-16)17-6-4-10-21-12-9-17;/h2-3,5,7-8,11,13,17,21H,4,6,9-10,12,14H2,1H3;1H. The number of carbonyl (C=O) groups is 1. The van der Waals surface area contributed by atoms with Crippen molar-refractivity contribution in [2.75, 3.05) is 20.2 Å². The molecule has 1 amide bonds. The second kappa shape index (κ2) is 10.7. The molecule has 3 rings (SSSR count). The highest BCUT2D eigenvalue weighted by molar-refractivity contribution is 5.95. The van der Waals surface area contributed by atoms with E-state index in [4.69, 9.17) is 4.74 Å². The van der Waals surface area contributed by atoms with E-state index in [1.807, 2.05) is 23.1 Å². The van der Waals surface area contributed by atoms with Crippen molar-refractivity contribution in [1.82, 2.24) is 15.2 Å². The van der Waals surface area contributed by atoms with Gasteiger partial charge in [-0.25, -0.2) is 0 Å². The number of halogens is 1. The molecule has 0 spiro atoms. The Morgan fingerprint density at radius 1 is 1.31 bits per heavy atom. The zero-order valence-electron chi connectivity index (χ0n) is 16.2. The van der Waals surface area contributed by atoms with Crippen LogP contribution in [-0.4, -0.2) is 47.0 Å². The van der Waals surface area contributed by atoms with E-state index in [0.717, 1.165) is 38.0 Å². The van der Waals surface area contributed by atoms with Crippen LogP contribution >= 0.6 is 12.4 Å². The molecule has 8 nitrogen and oxygen atoms in total. The molecule has 1 atom stereocenters. The Labute approximate surface area is 175 Å². The van der Waals surface area contributed by atoms with Gasteiger partial charge in [0.25, 0.3) is 5.91 Å². The normalized spacial score (nSPS) is 16.2. The van der Waals surface area contributed by atoms with Crippen LogP contribution < -0.4 is 10.1 Å². The highest BCUT2D eigenvalue weighted by atomic mass is 35.5. The van der Waals surface area contributed by atoms with Gasteiger partial charge in [-0.3, -0.25) is 19.9 Å². The molecule has 9 heteroatoms. The maximum Gasteiger partial charge on any atom is 0.310 e. The molecule has 0 bridgehead atoms. The Kier molecular flexibility index (Phi) is 8.35. The molecule has 1 aliphatic rings. The molecule has 1 aliphatic heterocycles. The third kappa shape index (κ3) is 5.65. The van der Waals surface area contributed by atoms with Crippen molar-refractivity contribution in [1.29, 1.82) is 0 Å². The first-order valence-electron chi connectivity index (χ1n) is 9.34. The third-order valence-electron chi connectivity index (χ3n) is 4.93. The summed E-state index contributed by atoms with van der Waals surface area (Å²) in [4.78, 5) is 30.2. The van der Waals surface area contributed by atoms with Crippen LogP contribution in [0.4, 0.5) is 5.69 Å². The van der Waals surface area contributed by atoms with Crippen molar-refractivity contribution in [3.05, 3.63) is 64.0 Å². The van der Waals surface area contributed by atoms with Gasteiger partial charge in [0.1, 0.15) is 0 Å². The molecule has 156 valence electrons. The van der Waals surface area contributed by atoms with Gasteiger partial charge < -0.3 is 15.0 Å². The number of nitro groups is 1. The lowest BCUT2D eigenvalue weighted by Crippen LogP contribution is -2.40. The molecule has 29 heavy (non-hydrogen) atoms. The maximum absolute atomic E-state index is 13.4. The highest BCUT2D eigenvalue weighted by Crippen LogP contribution is 2.29. The average molecular weight is 421 g/mol. The molecule has 2 heterocycles. The molecule has 0 aliphatic carbocycles. The summed E-state index contributed by atoms with van der Waals surface area (Å²) in [6.07, 6.45) is 4.44. The SMILES string of the molecule is COc1cc(C(=O)N(Cc2ccccn2)C2CCCNCC2)ccc1[N+](=O)[O-].Cl. The second-order valence-electron chi connectivity index (χ2n) is 6.73. The van der Waals surface area contributed by atoms with E-state index < -0.39 is 4.92 Å². The first kappa shape index (κ1) is 22.6. The number of aromatic nitrogens is 1. The summed E-state index contributed by atoms with van der Waals surface area (Å²) in [6.45, 7) is 2.18. The lowest BCUT2D eigenvalue weighted by molar-refractivity contribution is -0.385. The van der Waals surface area contributed by atoms with Crippen LogP contribution in [0.25, 0.3) is 0 Å². The average Bonchev–Trinajstić information content (AvgIpc) is 3.01. The van der Waals surface area contributed by atoms with E-state index in [-0.39, 0.29) is 35.8 Å². The Hall–Kier alpha value is -2.71. The van der Waals surface area contributed by atoms with Crippen LogP contribution in [-0.2, 0) is 6.54 Å². The Morgan fingerprint density at radius 3 is 2.83 bits per heavy atom. The van der Waals surface area contributed by atoms with Gasteiger partial charge >= 0.3 is 5.69 Å². The molecule has 1 N–H and O–H groups in total. The van der Waals surface area contributed by atoms with Gasteiger partial charge in [0.2, 0.25) is 0 Å². The van der Waals surface area contributed by atoms with Crippen molar-refractivity contribution < 1.29 is 14.5 Å². The zero-order valence-corrected chi connectivity index (χ0v) is 17.1. The lowest BCUT2D eigenvalue weighted by Gasteiger charge is -2.31. The van der Waals surface area contributed by atoms with Gasteiger partial charge in [0.15, 0.2) is 5.75 Å². The van der Waals surface area contributed by atoms with Crippen molar-refractivity contribution in [2.45, 2.75) is 31.8 Å². The van der Waals surface area contributed by atoms with Crippen molar-refractivity contribution in [3.63, 3.8) is 0 Å². The first-order chi connectivity index (χ1) is 13.6. The van der Waals surface area contributed by atoms with E-state index in [2.05, 4.69) is 10.3 Å². The summed E-state index contributed by atoms with van der Waals surface area (Å²) < 4.78 is 5.13. The van der Waals surface area contributed by atoms with E-state index in [0.29, 0.717) is 12.1 Å². The molecule has 0 radical (unpaired) electrons. The van der Waals surface area contributed by atoms with Crippen molar-refractivity contribution >= 4 is 24.0 Å². The van der Waals surface area contributed by atoms with Gasteiger partial charge in [0.05, 0.1) is 24.3 Å². The number of methoxy groups -OCH3 is 1. The number of rotatable bonds is 6. The third-order valence-corrected chi connectivity index (χ3v) is 4.93. The van der Waals surface area contributed by atoms with Gasteiger partial charge in [-0.05, 0) is 50.6 Å². The van der Waals surface area contributed by atoms with Crippen LogP contribution in [0.2, 0.25) is 0 Å². The quantitative estimate of drug-likeness (QED) is 0.569. The Morgan fingerprint density at radius 2 is 2.14 bits per heavy atom. The summed E-state index contributed by atoms with van der Waals surface area (Å²) in [6, 6.07) is 9.96. The van der Waals surface area contributed by atoms with Crippen LogP contribution in [0.3, 0.4) is 0 Å². The molecular weight excluding hydrogens is 396 g/mol. The van der Waals surface area contributed by atoms with Crippen LogP contribution in [0.15, 0.2) is 42.6 Å². The number of nitro benzene ring substituents is 1. The fourth-order valence-electron chi connectivity index (χ4n) is 3.47. The van der Waals surface area contributed by atoms with Crippen molar-refractivity contribution in [3.8, 4) is 5.75 Å². The van der Waals surface area contributed by atoms with E-state index >= 15 is 0 Å². The summed E-state index contributed by atoms with van der Waals surface area (Å²) in [7, 11) is 1.36. The molecule has 0 saturated carbocycles. The predicted molar refractivity (Wildman–Crippen MR) is 112 cm³/mol. The van der Waals surface area contributed by atoms with Gasteiger partial charge in [0, 0.05) is 29.9 Å². The minimum atomic E-state index is -0.518. The number of benzene rings is 1. The predicted octanol–water partition coefficient (Wildman–Crippen LogP) is 3.20. The Balaban J connectivity index is 0.00000300. The van der Waals surface area contributed by atoms with E-state index in [1.165, 1.54) is 25.3 Å². The number of hydrogen-bond donors (Lipinski definition) is 1. The number of hydrogen-bond acceptors (Lipinski definition) is 6. The van der Waals surface area contributed by atoms with E-state index in [9.17, 15) is 14.9 Å². The number of nitrogens with one attached hydrogen (secondary N) is 1. The highest BCUT2D eigenvalue weighted by Gasteiger charge is 2.27. The maximum atomic E-state index is 13.4. The monoisotopic (exact) mass is 420 g/mol. The van der Waals surface area contributed by atoms with Crippen molar-refractivity contribution in [2.24, 2.45) is 0 Å². The van der Waals surface area contributed by atoms with Gasteiger partial charge in [-0.15, -0.1) is 12.4 Å². The first-order valence-corrected chi connectivity index (χ1v) is 9.34. The van der Waals surface area contributed by atoms with Crippen LogP contribution in [0.5, 0.6) is 5.75 Å². The molecule has 1 fully saturated rings. The summed E-state index contributed by atoms with van der Waals surface area (Å²) in [5.74, 6) is -0.0954. The number of ether oxygens (including phenoxy) is 1. The minimum absolute atomic E-state index is 0. The molecule has 1 unspecified atom stereocenters. The molecule has 1 aromatic heterocycles. The summed E-state index contributed by atoms with van der Waals surface area (Å²) in [5, 5.41) is 14.5. The summed E-state index contributed by atoms with van der Waals surface area (Å²) >= 11 is 0. The molecule has 1 saturated heterocycles. The molecule has 2 aromatic rings. The Bertz CT molecular complexity index is 826. The minimum Gasteiger partial charge on any atom is -0.490 e. The number of pyridine rings is 1. The smallest absolute Gasteiger partial charge is 0.310 e. The second-order valence-corrected chi connectivity index (χ2v) is 6.73. The fraction of sp³-hybridized carbons (Fsp3) is 0.400. The van der Waals surface area contributed by atoms with Gasteiger partial charge in [-0.1, -0.05) is 6.07 Å². The zero-order chi connectivity index (χ0) is 19.9. The number of nitrogens with zero attached hydrogens (tertiary/aromatic N) is 3. The largest absolute Gasteiger partial charge is 0.490 e. The fourth-order valence-corrected chi connectivity index (χ4v) is 3.47. The summed E-state index contributed by atoms with van der Waals surface area (Å²) in [5.41, 5.74) is 1.02. The topological polar surface area (TPSA) is 97.6 Å². The molecular formula is C20H25ClN4O4. The van der Waals surface area contributed by atoms with Gasteiger partial charge in [-0.2, -0.15) is 0 Å². The van der Waals surface area contributed by atoms with Crippen LogP contribution in [0.1, 0.15) is 35.3 Å². The lowest BCUT2D eigenvalue weighted by atomic mass is 10.0.